The van der Waals surface area contributed by atoms with Crippen LogP contribution in [0.3, 0.4) is 0 Å². The van der Waals surface area contributed by atoms with E-state index in [1.165, 1.54) is 34.8 Å². The predicted octanol–water partition coefficient (Wildman–Crippen LogP) is 2.13. The van der Waals surface area contributed by atoms with Crippen LogP contribution in [-0.2, 0) is 26.6 Å². The Morgan fingerprint density at radius 3 is 1.85 bits per heavy atom. The summed E-state index contributed by atoms with van der Waals surface area (Å²) in [6.07, 6.45) is 6.75. The molecule has 0 bridgehead atoms. The van der Waals surface area contributed by atoms with Crippen molar-refractivity contribution in [1.82, 2.24) is 8.61 Å². The van der Waals surface area contributed by atoms with Crippen LogP contribution in [0.15, 0.2) is 56.9 Å². The fraction of sp³-hybridized carbons (Fsp3) is 0.333. The molecule has 146 valence electrons. The summed E-state index contributed by atoms with van der Waals surface area (Å²) in [5, 5.41) is 0. The molecule has 0 spiro atoms. The highest BCUT2D eigenvalue weighted by molar-refractivity contribution is 7.89. The first-order valence-corrected chi connectivity index (χ1v) is 11.2. The van der Waals surface area contributed by atoms with Crippen LogP contribution >= 0.6 is 0 Å². The van der Waals surface area contributed by atoms with Crippen LogP contribution in [-0.4, -0.2) is 45.1 Å². The zero-order valence-corrected chi connectivity index (χ0v) is 16.8. The van der Waals surface area contributed by atoms with Crippen LogP contribution in [0.2, 0.25) is 0 Å². The first-order valence-electron chi connectivity index (χ1n) is 8.33. The number of rotatable bonds is 9. The second kappa shape index (κ2) is 8.71. The molecule has 0 radical (unpaired) electrons. The molecule has 1 heterocycles. The maximum atomic E-state index is 12.9. The van der Waals surface area contributed by atoms with E-state index in [-0.39, 0.29) is 22.9 Å². The zero-order valence-electron chi connectivity index (χ0n) is 15.2. The zero-order chi connectivity index (χ0) is 20.1. The molecule has 0 N–H and O–H groups in total. The monoisotopic (exact) mass is 410 g/mol. The molecule has 0 atom stereocenters. The molecule has 0 unspecified atom stereocenters. The third-order valence-corrected chi connectivity index (χ3v) is 7.85. The summed E-state index contributed by atoms with van der Waals surface area (Å²) in [5.41, 5.74) is 0. The van der Waals surface area contributed by atoms with Gasteiger partial charge in [0.25, 0.3) is 0 Å². The van der Waals surface area contributed by atoms with E-state index in [9.17, 15) is 16.8 Å². The molecule has 9 heteroatoms. The summed E-state index contributed by atoms with van der Waals surface area (Å²) in [6, 6.07) is 8.44. The van der Waals surface area contributed by atoms with Crippen molar-refractivity contribution in [2.45, 2.75) is 30.2 Å². The Hall–Kier alpha value is -2.12. The maximum absolute atomic E-state index is 12.9. The molecule has 7 nitrogen and oxygen atoms in total. The third-order valence-electron chi connectivity index (χ3n) is 3.98. The van der Waals surface area contributed by atoms with Gasteiger partial charge < -0.3 is 4.42 Å². The predicted molar refractivity (Wildman–Crippen MR) is 102 cm³/mol. The number of sulfonamides is 2. The molecule has 1 aromatic heterocycles. The van der Waals surface area contributed by atoms with Crippen LogP contribution in [0.1, 0.15) is 19.6 Å². The molecular formula is C18H22N2O5S2. The molecule has 0 amide bonds. The van der Waals surface area contributed by atoms with Gasteiger partial charge in [-0.05, 0) is 36.4 Å². The number of benzene rings is 1. The van der Waals surface area contributed by atoms with Crippen molar-refractivity contribution in [3.63, 3.8) is 0 Å². The van der Waals surface area contributed by atoms with Crippen LogP contribution in [0, 0.1) is 12.3 Å². The highest BCUT2D eigenvalue weighted by atomic mass is 32.2. The summed E-state index contributed by atoms with van der Waals surface area (Å²) < 4.78 is 58.4. The molecule has 1 aromatic carbocycles. The first kappa shape index (κ1) is 21.2. The standard InChI is InChI=1S/C18H22N2O5S2/c1-4-13-20(15-16-8-7-14-25-16)27(23,24)18-11-9-17(10-12-18)26(21,22)19(5-2)6-3/h1,7-12,14H,5-6,13,15H2,2-3H3. The van der Waals surface area contributed by atoms with E-state index in [2.05, 4.69) is 5.92 Å². The number of furan rings is 1. The van der Waals surface area contributed by atoms with Crippen LogP contribution in [0.5, 0.6) is 0 Å². The normalized spacial score (nSPS) is 12.4. The Morgan fingerprint density at radius 1 is 0.926 bits per heavy atom. The Balaban J connectivity index is 2.34. The quantitative estimate of drug-likeness (QED) is 0.591. The van der Waals surface area contributed by atoms with Gasteiger partial charge in [-0.1, -0.05) is 19.8 Å². The smallest absolute Gasteiger partial charge is 0.244 e. The number of hydrogen-bond acceptors (Lipinski definition) is 5. The van der Waals surface area contributed by atoms with Crippen molar-refractivity contribution in [3.8, 4) is 12.3 Å². The lowest BCUT2D eigenvalue weighted by atomic mass is 10.4. The van der Waals surface area contributed by atoms with E-state index in [4.69, 9.17) is 10.8 Å². The average Bonchev–Trinajstić information content (AvgIpc) is 3.15. The van der Waals surface area contributed by atoms with Crippen molar-refractivity contribution in [3.05, 3.63) is 48.4 Å². The summed E-state index contributed by atoms with van der Waals surface area (Å²) in [5.74, 6) is 2.78. The van der Waals surface area contributed by atoms with Gasteiger partial charge in [-0.15, -0.1) is 6.42 Å². The molecule has 0 aliphatic heterocycles. The van der Waals surface area contributed by atoms with Gasteiger partial charge in [-0.2, -0.15) is 8.61 Å². The summed E-state index contributed by atoms with van der Waals surface area (Å²) in [4.78, 5) is 0.00230. The van der Waals surface area contributed by atoms with Gasteiger partial charge in [0.05, 0.1) is 29.1 Å². The van der Waals surface area contributed by atoms with Crippen molar-refractivity contribution >= 4 is 20.0 Å². The molecule has 0 aliphatic carbocycles. The van der Waals surface area contributed by atoms with Crippen molar-refractivity contribution in [2.75, 3.05) is 19.6 Å². The summed E-state index contributed by atoms with van der Waals surface area (Å²) >= 11 is 0. The van der Waals surface area contributed by atoms with E-state index < -0.39 is 20.0 Å². The number of nitrogens with zero attached hydrogens (tertiary/aromatic N) is 2. The molecule has 0 fully saturated rings. The molecule has 2 rings (SSSR count). The van der Waals surface area contributed by atoms with E-state index in [0.717, 1.165) is 4.31 Å². The van der Waals surface area contributed by atoms with Crippen molar-refractivity contribution in [1.29, 1.82) is 0 Å². The first-order chi connectivity index (χ1) is 12.8. The minimum Gasteiger partial charge on any atom is -0.468 e. The van der Waals surface area contributed by atoms with E-state index in [1.807, 2.05) is 0 Å². The van der Waals surface area contributed by atoms with Crippen LogP contribution in [0.4, 0.5) is 0 Å². The fourth-order valence-corrected chi connectivity index (χ4v) is 5.33. The van der Waals surface area contributed by atoms with Crippen LogP contribution < -0.4 is 0 Å². The van der Waals surface area contributed by atoms with E-state index in [0.29, 0.717) is 18.8 Å². The average molecular weight is 411 g/mol. The SMILES string of the molecule is C#CCN(Cc1ccco1)S(=O)(=O)c1ccc(S(=O)(=O)N(CC)CC)cc1. The molecule has 0 saturated heterocycles. The second-order valence-electron chi connectivity index (χ2n) is 5.62. The highest BCUT2D eigenvalue weighted by Crippen LogP contribution is 2.22. The fourth-order valence-electron chi connectivity index (χ4n) is 2.55. The Kier molecular flexibility index (Phi) is 6.84. The van der Waals surface area contributed by atoms with Crippen molar-refractivity contribution in [2.24, 2.45) is 0 Å². The lowest BCUT2D eigenvalue weighted by Crippen LogP contribution is -2.31. The number of hydrogen-bond donors (Lipinski definition) is 0. The lowest BCUT2D eigenvalue weighted by Gasteiger charge is -2.20. The van der Waals surface area contributed by atoms with Gasteiger partial charge in [-0.25, -0.2) is 16.8 Å². The second-order valence-corrected chi connectivity index (χ2v) is 9.49. The van der Waals surface area contributed by atoms with Gasteiger partial charge in [-0.3, -0.25) is 0 Å². The van der Waals surface area contributed by atoms with Gasteiger partial charge in [0.15, 0.2) is 0 Å². The third kappa shape index (κ3) is 4.59. The maximum Gasteiger partial charge on any atom is 0.244 e. The van der Waals surface area contributed by atoms with Gasteiger partial charge in [0.1, 0.15) is 5.76 Å². The van der Waals surface area contributed by atoms with Crippen LogP contribution in [0.25, 0.3) is 0 Å². The Morgan fingerprint density at radius 2 is 1.44 bits per heavy atom. The largest absolute Gasteiger partial charge is 0.468 e. The topological polar surface area (TPSA) is 87.9 Å². The minimum atomic E-state index is -3.91. The summed E-state index contributed by atoms with van der Waals surface area (Å²) in [7, 11) is -7.57. The van der Waals surface area contributed by atoms with Crippen molar-refractivity contribution < 1.29 is 21.3 Å². The number of terminal acetylenes is 1. The van der Waals surface area contributed by atoms with E-state index >= 15 is 0 Å². The molecular weight excluding hydrogens is 388 g/mol. The molecule has 2 aromatic rings. The van der Waals surface area contributed by atoms with Gasteiger partial charge >= 0.3 is 0 Å². The van der Waals surface area contributed by atoms with Gasteiger partial charge in [0.2, 0.25) is 20.0 Å². The molecule has 0 aliphatic rings. The minimum absolute atomic E-state index is 0.0149. The van der Waals surface area contributed by atoms with E-state index in [1.54, 1.807) is 26.0 Å². The Bertz CT molecular complexity index is 985. The van der Waals surface area contributed by atoms with Gasteiger partial charge in [0, 0.05) is 13.1 Å². The Labute approximate surface area is 160 Å². The lowest BCUT2D eigenvalue weighted by molar-refractivity contribution is 0.389. The molecule has 0 saturated carbocycles. The highest BCUT2D eigenvalue weighted by Gasteiger charge is 2.27. The molecule has 27 heavy (non-hydrogen) atoms. The summed E-state index contributed by atoms with van der Waals surface area (Å²) in [6.45, 7) is 4.00.